The Labute approximate surface area is 143 Å². The van der Waals surface area contributed by atoms with Crippen LogP contribution in [-0.2, 0) is 0 Å². The average Bonchev–Trinajstić information content (AvgIpc) is 2.87. The minimum Gasteiger partial charge on any atom is -0.496 e. The average molecular weight is 342 g/mol. The van der Waals surface area contributed by atoms with Gasteiger partial charge in [-0.05, 0) is 24.3 Å². The molecule has 25 heavy (non-hydrogen) atoms. The van der Waals surface area contributed by atoms with Crippen LogP contribution in [0.5, 0.6) is 5.75 Å². The minimum atomic E-state index is -0.726. The molecule has 0 aromatic heterocycles. The second kappa shape index (κ2) is 6.72. The summed E-state index contributed by atoms with van der Waals surface area (Å²) in [6, 6.07) is 10.6. The lowest BCUT2D eigenvalue weighted by Crippen LogP contribution is -2.38. The van der Waals surface area contributed by atoms with Crippen LogP contribution in [0.1, 0.15) is 31.1 Å². The lowest BCUT2D eigenvalue weighted by Gasteiger charge is -2.14. The van der Waals surface area contributed by atoms with Gasteiger partial charge in [0.2, 0.25) is 0 Å². The number of carbonyl (C=O) groups is 3. The fourth-order valence-corrected chi connectivity index (χ4v) is 2.70. The fourth-order valence-electron chi connectivity index (χ4n) is 2.70. The first-order valence-corrected chi connectivity index (χ1v) is 7.60. The number of benzene rings is 2. The molecule has 0 atom stereocenters. The van der Waals surface area contributed by atoms with Gasteiger partial charge in [0.05, 0.1) is 23.8 Å². The van der Waals surface area contributed by atoms with Gasteiger partial charge in [-0.2, -0.15) is 0 Å². The molecule has 0 aliphatic carbocycles. The minimum absolute atomic E-state index is 0.0426. The Morgan fingerprint density at radius 2 is 1.88 bits per heavy atom. The zero-order valence-corrected chi connectivity index (χ0v) is 13.4. The Morgan fingerprint density at radius 3 is 2.60 bits per heavy atom. The van der Waals surface area contributed by atoms with E-state index in [1.54, 1.807) is 24.3 Å². The van der Waals surface area contributed by atoms with E-state index in [1.165, 1.54) is 19.2 Å². The van der Waals surface area contributed by atoms with Crippen LogP contribution in [0.25, 0.3) is 0 Å². The summed E-state index contributed by atoms with van der Waals surface area (Å²) in [4.78, 5) is 37.5. The van der Waals surface area contributed by atoms with Crippen LogP contribution in [0.2, 0.25) is 0 Å². The smallest absolute Gasteiger partial charge is 0.264 e. The quantitative estimate of drug-likeness (QED) is 0.842. The van der Waals surface area contributed by atoms with Gasteiger partial charge >= 0.3 is 0 Å². The highest BCUT2D eigenvalue weighted by Crippen LogP contribution is 2.24. The maximum atomic E-state index is 13.8. The molecule has 0 radical (unpaired) electrons. The van der Waals surface area contributed by atoms with E-state index in [1.807, 2.05) is 0 Å². The maximum Gasteiger partial charge on any atom is 0.264 e. The predicted molar refractivity (Wildman–Crippen MR) is 87.1 cm³/mol. The predicted octanol–water partition coefficient (Wildman–Crippen LogP) is 1.86. The van der Waals surface area contributed by atoms with E-state index >= 15 is 0 Å². The molecule has 3 amide bonds. The van der Waals surface area contributed by atoms with Crippen LogP contribution in [-0.4, -0.2) is 42.8 Å². The third-order valence-corrected chi connectivity index (χ3v) is 3.92. The van der Waals surface area contributed by atoms with Crippen LogP contribution < -0.4 is 10.1 Å². The van der Waals surface area contributed by atoms with Crippen LogP contribution >= 0.6 is 0 Å². The highest BCUT2D eigenvalue weighted by atomic mass is 19.1. The van der Waals surface area contributed by atoms with Gasteiger partial charge in [0.1, 0.15) is 11.6 Å². The summed E-state index contributed by atoms with van der Waals surface area (Å²) >= 11 is 0. The first-order chi connectivity index (χ1) is 12.0. The molecule has 7 heteroatoms. The van der Waals surface area contributed by atoms with E-state index in [0.717, 1.165) is 11.0 Å². The molecule has 6 nitrogen and oxygen atoms in total. The number of methoxy groups -OCH3 is 1. The molecular weight excluding hydrogens is 327 g/mol. The molecular formula is C18H15FN2O4. The Bertz CT molecular complexity index is 866. The summed E-state index contributed by atoms with van der Waals surface area (Å²) in [5, 5.41) is 2.62. The van der Waals surface area contributed by atoms with Gasteiger partial charge in [-0.25, -0.2) is 4.39 Å². The molecule has 128 valence electrons. The number of fused-ring (bicyclic) bond motifs is 1. The molecule has 2 aromatic carbocycles. The van der Waals surface area contributed by atoms with E-state index < -0.39 is 17.6 Å². The second-order valence-electron chi connectivity index (χ2n) is 5.38. The molecule has 0 saturated carbocycles. The summed E-state index contributed by atoms with van der Waals surface area (Å²) in [7, 11) is 1.46. The molecule has 0 unspecified atom stereocenters. The van der Waals surface area contributed by atoms with Crippen molar-refractivity contribution in [3.8, 4) is 5.75 Å². The zero-order chi connectivity index (χ0) is 18.0. The third kappa shape index (κ3) is 2.96. The van der Waals surface area contributed by atoms with Crippen molar-refractivity contribution < 1.29 is 23.5 Å². The molecule has 0 spiro atoms. The number of carbonyl (C=O) groups excluding carboxylic acids is 3. The van der Waals surface area contributed by atoms with E-state index in [-0.39, 0.29) is 30.1 Å². The third-order valence-electron chi connectivity index (χ3n) is 3.92. The van der Waals surface area contributed by atoms with Crippen molar-refractivity contribution in [2.75, 3.05) is 20.2 Å². The molecule has 0 bridgehead atoms. The zero-order valence-electron chi connectivity index (χ0n) is 13.4. The summed E-state index contributed by atoms with van der Waals surface area (Å²) in [6.07, 6.45) is 0. The topological polar surface area (TPSA) is 75.7 Å². The van der Waals surface area contributed by atoms with Crippen LogP contribution in [0, 0.1) is 5.82 Å². The number of hydrogen-bond donors (Lipinski definition) is 1. The summed E-state index contributed by atoms with van der Waals surface area (Å²) < 4.78 is 18.9. The SMILES string of the molecule is COc1ccccc1C(=O)NCCN1C(=O)c2cccc(F)c2C1=O. The van der Waals surface area contributed by atoms with Crippen LogP contribution in [0.3, 0.4) is 0 Å². The maximum absolute atomic E-state index is 13.8. The van der Waals surface area contributed by atoms with Gasteiger partial charge in [0.15, 0.2) is 0 Å². The van der Waals surface area contributed by atoms with Gasteiger partial charge in [-0.15, -0.1) is 0 Å². The summed E-state index contributed by atoms with van der Waals surface area (Å²) in [5.74, 6) is -1.95. The molecule has 1 aliphatic heterocycles. The number of rotatable bonds is 5. The van der Waals surface area contributed by atoms with Crippen molar-refractivity contribution in [3.63, 3.8) is 0 Å². The van der Waals surface area contributed by atoms with Crippen molar-refractivity contribution in [1.29, 1.82) is 0 Å². The normalized spacial score (nSPS) is 13.0. The van der Waals surface area contributed by atoms with E-state index in [9.17, 15) is 18.8 Å². The first kappa shape index (κ1) is 16.6. The van der Waals surface area contributed by atoms with Crippen molar-refractivity contribution >= 4 is 17.7 Å². The first-order valence-electron chi connectivity index (χ1n) is 7.60. The standard InChI is InChI=1S/C18H15FN2O4/c1-25-14-8-3-2-5-11(14)16(22)20-9-10-21-17(23)12-6-4-7-13(19)15(12)18(21)24/h2-8H,9-10H2,1H3,(H,20,22). The number of hydrogen-bond acceptors (Lipinski definition) is 4. The Hall–Kier alpha value is -3.22. The number of amides is 3. The Morgan fingerprint density at radius 1 is 1.12 bits per heavy atom. The molecule has 3 rings (SSSR count). The lowest BCUT2D eigenvalue weighted by molar-refractivity contribution is 0.0648. The van der Waals surface area contributed by atoms with Crippen LogP contribution in [0.4, 0.5) is 4.39 Å². The van der Waals surface area contributed by atoms with Gasteiger partial charge < -0.3 is 10.1 Å². The largest absolute Gasteiger partial charge is 0.496 e. The highest BCUT2D eigenvalue weighted by molar-refractivity contribution is 6.21. The molecule has 1 heterocycles. The van der Waals surface area contributed by atoms with Gasteiger partial charge in [0, 0.05) is 13.1 Å². The molecule has 1 N–H and O–H groups in total. The van der Waals surface area contributed by atoms with Crippen LogP contribution in [0.15, 0.2) is 42.5 Å². The molecule has 2 aromatic rings. The number of para-hydroxylation sites is 1. The highest BCUT2D eigenvalue weighted by Gasteiger charge is 2.37. The Balaban J connectivity index is 1.65. The van der Waals surface area contributed by atoms with Gasteiger partial charge in [-0.1, -0.05) is 18.2 Å². The number of halogens is 1. The van der Waals surface area contributed by atoms with E-state index in [2.05, 4.69) is 5.32 Å². The van der Waals surface area contributed by atoms with Crippen molar-refractivity contribution in [1.82, 2.24) is 10.2 Å². The van der Waals surface area contributed by atoms with Crippen molar-refractivity contribution in [2.24, 2.45) is 0 Å². The molecule has 0 fully saturated rings. The monoisotopic (exact) mass is 342 g/mol. The van der Waals surface area contributed by atoms with Crippen molar-refractivity contribution in [2.45, 2.75) is 0 Å². The number of nitrogens with zero attached hydrogens (tertiary/aromatic N) is 1. The van der Waals surface area contributed by atoms with Gasteiger partial charge in [0.25, 0.3) is 17.7 Å². The lowest BCUT2D eigenvalue weighted by atomic mass is 10.1. The van der Waals surface area contributed by atoms with Gasteiger partial charge in [-0.3, -0.25) is 19.3 Å². The Kier molecular flexibility index (Phi) is 4.47. The molecule has 1 aliphatic rings. The van der Waals surface area contributed by atoms with E-state index in [0.29, 0.717) is 11.3 Å². The van der Waals surface area contributed by atoms with E-state index in [4.69, 9.17) is 4.74 Å². The number of ether oxygens (including phenoxy) is 1. The van der Waals surface area contributed by atoms with Crippen molar-refractivity contribution in [3.05, 3.63) is 65.0 Å². The summed E-state index contributed by atoms with van der Waals surface area (Å²) in [6.45, 7) is -0.00333. The fraction of sp³-hybridized carbons (Fsp3) is 0.167. The number of nitrogens with one attached hydrogen (secondary N) is 1. The summed E-state index contributed by atoms with van der Waals surface area (Å²) in [5.41, 5.74) is 0.169. The number of imide groups is 1. The second-order valence-corrected chi connectivity index (χ2v) is 5.38. The molecule has 0 saturated heterocycles.